The van der Waals surface area contributed by atoms with Gasteiger partial charge in [-0.1, -0.05) is 0 Å². The highest BCUT2D eigenvalue weighted by atomic mass is 16.5. The summed E-state index contributed by atoms with van der Waals surface area (Å²) in [5, 5.41) is 0. The minimum atomic E-state index is 0.0717. The Hall–Kier alpha value is -0.0800. The Kier molecular flexibility index (Phi) is 2.32. The lowest BCUT2D eigenvalue weighted by atomic mass is 9.89. The summed E-state index contributed by atoms with van der Waals surface area (Å²) in [7, 11) is 0. The minimum Gasteiger partial charge on any atom is -0.376 e. The van der Waals surface area contributed by atoms with Crippen molar-refractivity contribution in [2.45, 2.75) is 32.3 Å². The molecule has 1 fully saturated rings. The predicted molar refractivity (Wildman–Crippen MR) is 41.8 cm³/mol. The van der Waals surface area contributed by atoms with E-state index in [2.05, 4.69) is 13.8 Å². The maximum Gasteiger partial charge on any atom is 0.0629 e. The van der Waals surface area contributed by atoms with Crippen LogP contribution in [0.15, 0.2) is 0 Å². The number of nitrogens with two attached hydrogens (primary N) is 1. The highest BCUT2D eigenvalue weighted by Crippen LogP contribution is 2.27. The summed E-state index contributed by atoms with van der Waals surface area (Å²) in [6, 6.07) is 0. The van der Waals surface area contributed by atoms with Crippen LogP contribution in [0.2, 0.25) is 0 Å². The number of hydrogen-bond donors (Lipinski definition) is 1. The average Bonchev–Trinajstić information content (AvgIpc) is 1.86. The standard InChI is InChI=1S/C8H17NO/c1-8(2)5-7(6-9)3-4-10-8/h7H,3-6,9H2,1-2H3/t7-/m1/s1. The molecule has 0 saturated carbocycles. The first-order valence-corrected chi connectivity index (χ1v) is 3.98. The molecule has 1 aliphatic heterocycles. The third-order valence-corrected chi connectivity index (χ3v) is 2.13. The molecule has 1 heterocycles. The molecule has 1 atom stereocenters. The number of hydrogen-bond acceptors (Lipinski definition) is 2. The van der Waals surface area contributed by atoms with Crippen molar-refractivity contribution in [3.8, 4) is 0 Å². The largest absolute Gasteiger partial charge is 0.376 e. The Morgan fingerprint density at radius 3 is 2.70 bits per heavy atom. The van der Waals surface area contributed by atoms with Crippen molar-refractivity contribution in [3.05, 3.63) is 0 Å². The summed E-state index contributed by atoms with van der Waals surface area (Å²) in [5.41, 5.74) is 5.64. The first-order chi connectivity index (χ1) is 4.64. The van der Waals surface area contributed by atoms with Gasteiger partial charge >= 0.3 is 0 Å². The predicted octanol–water partition coefficient (Wildman–Crippen LogP) is 1.15. The van der Waals surface area contributed by atoms with Crippen LogP contribution in [0.25, 0.3) is 0 Å². The van der Waals surface area contributed by atoms with Crippen LogP contribution in [0.4, 0.5) is 0 Å². The van der Waals surface area contributed by atoms with Gasteiger partial charge in [0.05, 0.1) is 5.60 Å². The van der Waals surface area contributed by atoms with Crippen molar-refractivity contribution in [2.24, 2.45) is 11.7 Å². The molecule has 60 valence electrons. The van der Waals surface area contributed by atoms with Crippen LogP contribution >= 0.6 is 0 Å². The third-order valence-electron chi connectivity index (χ3n) is 2.13. The highest BCUT2D eigenvalue weighted by molar-refractivity contribution is 4.78. The van der Waals surface area contributed by atoms with Gasteiger partial charge in [-0.3, -0.25) is 0 Å². The van der Waals surface area contributed by atoms with Gasteiger partial charge in [-0.05, 0) is 39.2 Å². The second-order valence-electron chi connectivity index (χ2n) is 3.70. The smallest absolute Gasteiger partial charge is 0.0629 e. The summed E-state index contributed by atoms with van der Waals surface area (Å²) in [6.45, 7) is 5.96. The molecule has 0 aromatic heterocycles. The summed E-state index contributed by atoms with van der Waals surface area (Å²) in [6.07, 6.45) is 2.25. The van der Waals surface area contributed by atoms with Crippen LogP contribution in [-0.2, 0) is 4.74 Å². The van der Waals surface area contributed by atoms with Crippen LogP contribution in [0.3, 0.4) is 0 Å². The zero-order chi connectivity index (χ0) is 7.61. The molecule has 1 rings (SSSR count). The first-order valence-electron chi connectivity index (χ1n) is 3.98. The monoisotopic (exact) mass is 143 g/mol. The molecular weight excluding hydrogens is 126 g/mol. The lowest BCUT2D eigenvalue weighted by Gasteiger charge is -2.34. The summed E-state index contributed by atoms with van der Waals surface area (Å²) in [5.74, 6) is 0.684. The second-order valence-corrected chi connectivity index (χ2v) is 3.70. The zero-order valence-electron chi connectivity index (χ0n) is 6.89. The Morgan fingerprint density at radius 2 is 2.30 bits per heavy atom. The molecule has 0 amide bonds. The lowest BCUT2D eigenvalue weighted by Crippen LogP contribution is -2.36. The Balaban J connectivity index is 2.40. The molecule has 0 spiro atoms. The van der Waals surface area contributed by atoms with Gasteiger partial charge in [-0.25, -0.2) is 0 Å². The maximum absolute atomic E-state index is 5.57. The fraction of sp³-hybridized carbons (Fsp3) is 1.00. The molecule has 10 heavy (non-hydrogen) atoms. The van der Waals surface area contributed by atoms with Crippen LogP contribution in [0, 0.1) is 5.92 Å². The molecule has 0 aromatic carbocycles. The van der Waals surface area contributed by atoms with Gasteiger partial charge in [-0.2, -0.15) is 0 Å². The van der Waals surface area contributed by atoms with Gasteiger partial charge in [0.25, 0.3) is 0 Å². The van der Waals surface area contributed by atoms with Gasteiger partial charge in [-0.15, -0.1) is 0 Å². The molecule has 2 N–H and O–H groups in total. The number of ether oxygens (including phenoxy) is 1. The van der Waals surface area contributed by atoms with Crippen molar-refractivity contribution in [1.82, 2.24) is 0 Å². The van der Waals surface area contributed by atoms with Crippen LogP contribution < -0.4 is 5.73 Å². The van der Waals surface area contributed by atoms with Crippen LogP contribution in [0.5, 0.6) is 0 Å². The molecule has 0 bridgehead atoms. The van der Waals surface area contributed by atoms with E-state index < -0.39 is 0 Å². The third kappa shape index (κ3) is 1.96. The Labute approximate surface area is 62.7 Å². The van der Waals surface area contributed by atoms with E-state index in [9.17, 15) is 0 Å². The van der Waals surface area contributed by atoms with E-state index in [1.807, 2.05) is 0 Å². The zero-order valence-corrected chi connectivity index (χ0v) is 6.89. The summed E-state index contributed by atoms with van der Waals surface area (Å²) >= 11 is 0. The SMILES string of the molecule is CC1(C)C[C@H](CN)CCO1. The molecule has 0 unspecified atom stereocenters. The van der Waals surface area contributed by atoms with E-state index in [0.717, 1.165) is 26.0 Å². The van der Waals surface area contributed by atoms with Gasteiger partial charge in [0.15, 0.2) is 0 Å². The van der Waals surface area contributed by atoms with Crippen molar-refractivity contribution >= 4 is 0 Å². The van der Waals surface area contributed by atoms with E-state index in [1.54, 1.807) is 0 Å². The molecule has 0 aromatic rings. The van der Waals surface area contributed by atoms with Crippen molar-refractivity contribution in [3.63, 3.8) is 0 Å². The van der Waals surface area contributed by atoms with Gasteiger partial charge < -0.3 is 10.5 Å². The Bertz CT molecular complexity index is 112. The van der Waals surface area contributed by atoms with Gasteiger partial charge in [0.1, 0.15) is 0 Å². The van der Waals surface area contributed by atoms with E-state index in [-0.39, 0.29) is 5.60 Å². The topological polar surface area (TPSA) is 35.2 Å². The van der Waals surface area contributed by atoms with E-state index in [4.69, 9.17) is 10.5 Å². The van der Waals surface area contributed by atoms with E-state index in [0.29, 0.717) is 5.92 Å². The normalized spacial score (nSPS) is 32.1. The average molecular weight is 143 g/mol. The Morgan fingerprint density at radius 1 is 1.60 bits per heavy atom. The summed E-state index contributed by atoms with van der Waals surface area (Å²) < 4.78 is 5.54. The van der Waals surface area contributed by atoms with E-state index in [1.165, 1.54) is 0 Å². The van der Waals surface area contributed by atoms with Crippen molar-refractivity contribution < 1.29 is 4.74 Å². The maximum atomic E-state index is 5.57. The molecular formula is C8H17NO. The van der Waals surface area contributed by atoms with Gasteiger partial charge in [0, 0.05) is 6.61 Å². The molecule has 0 radical (unpaired) electrons. The first kappa shape index (κ1) is 8.02. The van der Waals surface area contributed by atoms with Crippen molar-refractivity contribution in [2.75, 3.05) is 13.2 Å². The van der Waals surface area contributed by atoms with Crippen LogP contribution in [0.1, 0.15) is 26.7 Å². The molecule has 2 heteroatoms. The molecule has 0 aliphatic carbocycles. The fourth-order valence-electron chi connectivity index (χ4n) is 1.56. The molecule has 2 nitrogen and oxygen atoms in total. The van der Waals surface area contributed by atoms with Gasteiger partial charge in [0.2, 0.25) is 0 Å². The number of rotatable bonds is 1. The molecule has 1 aliphatic rings. The van der Waals surface area contributed by atoms with E-state index >= 15 is 0 Å². The highest BCUT2D eigenvalue weighted by Gasteiger charge is 2.27. The fourth-order valence-corrected chi connectivity index (χ4v) is 1.56. The minimum absolute atomic E-state index is 0.0717. The van der Waals surface area contributed by atoms with Crippen molar-refractivity contribution in [1.29, 1.82) is 0 Å². The summed E-state index contributed by atoms with van der Waals surface area (Å²) in [4.78, 5) is 0. The van der Waals surface area contributed by atoms with Crippen LogP contribution in [-0.4, -0.2) is 18.8 Å². The lowest BCUT2D eigenvalue weighted by molar-refractivity contribution is -0.0706. The quantitative estimate of drug-likeness (QED) is 0.597. The molecule has 1 saturated heterocycles. The second kappa shape index (κ2) is 2.89.